The zero-order valence-corrected chi connectivity index (χ0v) is 11.1. The number of methoxy groups -OCH3 is 1. The Morgan fingerprint density at radius 2 is 2.00 bits per heavy atom. The maximum Gasteiger partial charge on any atom is 0.122 e. The summed E-state index contributed by atoms with van der Waals surface area (Å²) in [4.78, 5) is 0. The Morgan fingerprint density at radius 3 is 2.45 bits per heavy atom. The summed E-state index contributed by atoms with van der Waals surface area (Å²) in [5.41, 5.74) is 1.19. The van der Waals surface area contributed by atoms with E-state index in [2.05, 4.69) is 15.9 Å². The van der Waals surface area contributed by atoms with Crippen LogP contribution in [0.15, 0.2) is 24.3 Å². The van der Waals surface area contributed by atoms with Gasteiger partial charge in [-0.3, -0.25) is 0 Å². The first kappa shape index (κ1) is 11.1. The Kier molecular flexibility index (Phi) is 5.80. The number of hydrogen-bond acceptors (Lipinski definition) is 1. The molecule has 0 fully saturated rings. The molecule has 0 saturated carbocycles. The molecule has 1 nitrogen and oxygen atoms in total. The summed E-state index contributed by atoms with van der Waals surface area (Å²) >= 11 is 3.37. The average Bonchev–Trinajstić information content (AvgIpc) is 2.04. The van der Waals surface area contributed by atoms with Crippen LogP contribution in [-0.2, 0) is 24.8 Å². The van der Waals surface area contributed by atoms with Gasteiger partial charge in [-0.2, -0.15) is 0 Å². The molecule has 0 heterocycles. The van der Waals surface area contributed by atoms with Crippen LogP contribution in [0.4, 0.5) is 0 Å². The molecule has 0 amide bonds. The Hall–Kier alpha value is 0.123. The molecular weight excluding hydrogens is 257 g/mol. The van der Waals surface area contributed by atoms with E-state index in [0.29, 0.717) is 0 Å². The van der Waals surface area contributed by atoms with Crippen molar-refractivity contribution in [1.82, 2.24) is 0 Å². The van der Waals surface area contributed by atoms with Crippen LogP contribution in [0.3, 0.4) is 0 Å². The average molecular weight is 266 g/mol. The van der Waals surface area contributed by atoms with E-state index in [1.165, 1.54) is 5.56 Å². The molecule has 0 atom stereocenters. The standard InChI is InChI=1S/C8H9BrO.Zn/c1-10-8-5-3-2-4-7(8)6-9;/h2-5H,6H2,1H3;. The van der Waals surface area contributed by atoms with E-state index < -0.39 is 0 Å². The Morgan fingerprint density at radius 1 is 1.36 bits per heavy atom. The fourth-order valence-corrected chi connectivity index (χ4v) is 1.28. The molecule has 0 aliphatic carbocycles. The molecule has 0 unspecified atom stereocenters. The van der Waals surface area contributed by atoms with Gasteiger partial charge in [-0.25, -0.2) is 0 Å². The third-order valence-corrected chi connectivity index (χ3v) is 1.94. The third-order valence-electron chi connectivity index (χ3n) is 1.34. The van der Waals surface area contributed by atoms with Crippen LogP contribution in [0.2, 0.25) is 0 Å². The van der Waals surface area contributed by atoms with E-state index in [1.54, 1.807) is 7.11 Å². The van der Waals surface area contributed by atoms with Crippen LogP contribution < -0.4 is 4.74 Å². The van der Waals surface area contributed by atoms with Gasteiger partial charge in [-0.1, -0.05) is 34.1 Å². The van der Waals surface area contributed by atoms with Gasteiger partial charge >= 0.3 is 0 Å². The molecule has 0 aliphatic rings. The molecule has 0 radical (unpaired) electrons. The van der Waals surface area contributed by atoms with Crippen LogP contribution in [0.25, 0.3) is 0 Å². The van der Waals surface area contributed by atoms with Crippen LogP contribution in [-0.4, -0.2) is 7.11 Å². The van der Waals surface area contributed by atoms with E-state index >= 15 is 0 Å². The number of alkyl halides is 1. The minimum absolute atomic E-state index is 0. The molecule has 1 aromatic carbocycles. The molecule has 11 heavy (non-hydrogen) atoms. The molecule has 56 valence electrons. The van der Waals surface area contributed by atoms with Gasteiger partial charge in [-0.05, 0) is 6.07 Å². The molecule has 0 spiro atoms. The van der Waals surface area contributed by atoms with Crippen molar-refractivity contribution in [2.75, 3.05) is 7.11 Å². The van der Waals surface area contributed by atoms with Crippen LogP contribution >= 0.6 is 15.9 Å². The van der Waals surface area contributed by atoms with Crippen molar-refractivity contribution in [2.24, 2.45) is 0 Å². The zero-order chi connectivity index (χ0) is 7.40. The predicted octanol–water partition coefficient (Wildman–Crippen LogP) is 2.59. The molecule has 0 aromatic heterocycles. The Labute approximate surface area is 88.0 Å². The number of benzene rings is 1. The molecule has 0 saturated heterocycles. The van der Waals surface area contributed by atoms with Crippen molar-refractivity contribution >= 4 is 15.9 Å². The number of halogens is 1. The minimum atomic E-state index is 0. The van der Waals surface area contributed by atoms with E-state index in [1.807, 2.05) is 24.3 Å². The molecule has 0 bridgehead atoms. The first-order valence-corrected chi connectivity index (χ1v) is 4.18. The van der Waals surface area contributed by atoms with Gasteiger partial charge in [0.15, 0.2) is 0 Å². The Bertz CT molecular complexity index is 192. The summed E-state index contributed by atoms with van der Waals surface area (Å²) in [6.45, 7) is 0. The van der Waals surface area contributed by atoms with Gasteiger partial charge in [-0.15, -0.1) is 0 Å². The second-order valence-electron chi connectivity index (χ2n) is 1.95. The third kappa shape index (κ3) is 2.92. The summed E-state index contributed by atoms with van der Waals surface area (Å²) in [6, 6.07) is 7.95. The molecule has 1 aromatic rings. The maximum atomic E-state index is 5.11. The van der Waals surface area contributed by atoms with Gasteiger partial charge in [0.05, 0.1) is 7.11 Å². The van der Waals surface area contributed by atoms with Crippen molar-refractivity contribution in [3.8, 4) is 5.75 Å². The van der Waals surface area contributed by atoms with Crippen LogP contribution in [0.1, 0.15) is 5.56 Å². The number of ether oxygens (including phenoxy) is 1. The zero-order valence-electron chi connectivity index (χ0n) is 6.51. The quantitative estimate of drug-likeness (QED) is 0.590. The van der Waals surface area contributed by atoms with Crippen molar-refractivity contribution < 1.29 is 24.2 Å². The van der Waals surface area contributed by atoms with Crippen molar-refractivity contribution in [1.29, 1.82) is 0 Å². The van der Waals surface area contributed by atoms with E-state index in [0.717, 1.165) is 11.1 Å². The number of para-hydroxylation sites is 1. The molecule has 0 N–H and O–H groups in total. The SMILES string of the molecule is COc1ccccc1CBr.[Zn]. The van der Waals surface area contributed by atoms with Gasteiger partial charge in [0.2, 0.25) is 0 Å². The minimum Gasteiger partial charge on any atom is -0.496 e. The Balaban J connectivity index is 0.000001000. The van der Waals surface area contributed by atoms with E-state index in [9.17, 15) is 0 Å². The summed E-state index contributed by atoms with van der Waals surface area (Å²) < 4.78 is 5.11. The fourth-order valence-electron chi connectivity index (χ4n) is 0.813. The first-order valence-electron chi connectivity index (χ1n) is 3.06. The van der Waals surface area contributed by atoms with Gasteiger partial charge in [0.25, 0.3) is 0 Å². The maximum absolute atomic E-state index is 5.11. The van der Waals surface area contributed by atoms with Crippen molar-refractivity contribution in [2.45, 2.75) is 5.33 Å². The second-order valence-corrected chi connectivity index (χ2v) is 2.51. The summed E-state index contributed by atoms with van der Waals surface area (Å²) in [5, 5.41) is 0.844. The molecule has 3 heteroatoms. The van der Waals surface area contributed by atoms with Crippen molar-refractivity contribution in [3.05, 3.63) is 29.8 Å². The smallest absolute Gasteiger partial charge is 0.122 e. The monoisotopic (exact) mass is 264 g/mol. The summed E-state index contributed by atoms with van der Waals surface area (Å²) in [6.07, 6.45) is 0. The second kappa shape index (κ2) is 5.73. The van der Waals surface area contributed by atoms with Gasteiger partial charge in [0.1, 0.15) is 5.75 Å². The van der Waals surface area contributed by atoms with E-state index in [-0.39, 0.29) is 19.5 Å². The van der Waals surface area contributed by atoms with Gasteiger partial charge < -0.3 is 4.74 Å². The largest absolute Gasteiger partial charge is 0.496 e. The fraction of sp³-hybridized carbons (Fsp3) is 0.250. The molecule has 0 aliphatic heterocycles. The van der Waals surface area contributed by atoms with Crippen LogP contribution in [0.5, 0.6) is 5.75 Å². The summed E-state index contributed by atoms with van der Waals surface area (Å²) in [7, 11) is 1.68. The number of rotatable bonds is 2. The van der Waals surface area contributed by atoms with Crippen molar-refractivity contribution in [3.63, 3.8) is 0 Å². The molecule has 1 rings (SSSR count). The number of hydrogen-bond donors (Lipinski definition) is 0. The van der Waals surface area contributed by atoms with Gasteiger partial charge in [0, 0.05) is 30.4 Å². The normalized spacial score (nSPS) is 8.55. The topological polar surface area (TPSA) is 9.23 Å². The van der Waals surface area contributed by atoms with Crippen LogP contribution in [0, 0.1) is 0 Å². The van der Waals surface area contributed by atoms with E-state index in [4.69, 9.17) is 4.74 Å². The first-order chi connectivity index (χ1) is 4.88. The summed E-state index contributed by atoms with van der Waals surface area (Å²) in [5.74, 6) is 0.944. The molecular formula is C8H9BrOZn. The predicted molar refractivity (Wildman–Crippen MR) is 45.6 cm³/mol.